The van der Waals surface area contributed by atoms with Crippen molar-refractivity contribution in [3.63, 3.8) is 0 Å². The van der Waals surface area contributed by atoms with Gasteiger partial charge in [0.25, 0.3) is 0 Å². The summed E-state index contributed by atoms with van der Waals surface area (Å²) in [5, 5.41) is 6.35. The van der Waals surface area contributed by atoms with E-state index < -0.39 is 0 Å². The first-order valence-corrected chi connectivity index (χ1v) is 7.19. The normalized spacial score (nSPS) is 23.1. The summed E-state index contributed by atoms with van der Waals surface area (Å²) in [6.07, 6.45) is 2.81. The Bertz CT molecular complexity index is 453. The molecule has 1 unspecified atom stereocenters. The highest BCUT2D eigenvalue weighted by Crippen LogP contribution is 2.26. The fraction of sp³-hybridized carbons (Fsp3) is 0.500. The lowest BCUT2D eigenvalue weighted by atomic mass is 9.93. The van der Waals surface area contributed by atoms with Gasteiger partial charge in [-0.1, -0.05) is 28.9 Å². The predicted octanol–water partition coefficient (Wildman–Crippen LogP) is 3.23. The molecule has 0 bridgehead atoms. The van der Waals surface area contributed by atoms with E-state index in [9.17, 15) is 4.79 Å². The molecular formula is C14H19BrN2O. The molecule has 2 N–H and O–H groups in total. The number of amides is 1. The van der Waals surface area contributed by atoms with Crippen molar-refractivity contribution in [2.45, 2.75) is 38.6 Å². The number of hydrogen-bond acceptors (Lipinski definition) is 2. The molecule has 98 valence electrons. The topological polar surface area (TPSA) is 41.1 Å². The molecule has 0 aliphatic carbocycles. The van der Waals surface area contributed by atoms with Crippen molar-refractivity contribution in [2.24, 2.45) is 0 Å². The Balaban J connectivity index is 2.13. The van der Waals surface area contributed by atoms with Gasteiger partial charge in [-0.3, -0.25) is 4.79 Å². The molecule has 0 saturated carbocycles. The fourth-order valence-electron chi connectivity index (χ4n) is 2.38. The van der Waals surface area contributed by atoms with Crippen LogP contribution in [0.25, 0.3) is 0 Å². The van der Waals surface area contributed by atoms with E-state index >= 15 is 0 Å². The van der Waals surface area contributed by atoms with Gasteiger partial charge in [-0.2, -0.15) is 0 Å². The minimum atomic E-state index is -0.378. The van der Waals surface area contributed by atoms with Crippen LogP contribution >= 0.6 is 15.9 Å². The summed E-state index contributed by atoms with van der Waals surface area (Å²) in [5.41, 5.74) is 1.63. The van der Waals surface area contributed by atoms with E-state index in [-0.39, 0.29) is 11.4 Å². The van der Waals surface area contributed by atoms with Crippen molar-refractivity contribution in [1.82, 2.24) is 5.32 Å². The molecule has 1 aromatic carbocycles. The molecule has 4 heteroatoms. The molecule has 0 aromatic heterocycles. The molecule has 0 radical (unpaired) electrons. The highest BCUT2D eigenvalue weighted by atomic mass is 79.9. The third-order valence-electron chi connectivity index (χ3n) is 3.71. The Morgan fingerprint density at radius 3 is 2.89 bits per heavy atom. The number of rotatable bonds is 3. The fourth-order valence-corrected chi connectivity index (χ4v) is 2.76. The monoisotopic (exact) mass is 310 g/mol. The van der Waals surface area contributed by atoms with Crippen molar-refractivity contribution in [1.29, 1.82) is 0 Å². The van der Waals surface area contributed by atoms with Gasteiger partial charge < -0.3 is 10.6 Å². The summed E-state index contributed by atoms with van der Waals surface area (Å²) in [4.78, 5) is 12.4. The summed E-state index contributed by atoms with van der Waals surface area (Å²) in [6.45, 7) is 5.02. The maximum atomic E-state index is 12.4. The smallest absolute Gasteiger partial charge is 0.244 e. The lowest BCUT2D eigenvalue weighted by molar-refractivity contribution is -0.122. The highest BCUT2D eigenvalue weighted by molar-refractivity contribution is 9.10. The molecule has 1 saturated heterocycles. The second kappa shape index (κ2) is 5.41. The van der Waals surface area contributed by atoms with Gasteiger partial charge in [-0.05, 0) is 50.4 Å². The zero-order valence-corrected chi connectivity index (χ0v) is 12.4. The third-order valence-corrected chi connectivity index (χ3v) is 4.57. The van der Waals surface area contributed by atoms with E-state index in [1.165, 1.54) is 0 Å². The molecule has 1 aromatic rings. The standard InChI is InChI=1S/C14H19BrN2O/c1-3-14(7-4-8-16-14)13(18)17-11-6-5-10(2)12(15)9-11/h5-6,9,16H,3-4,7-8H2,1-2H3,(H,17,18). The van der Waals surface area contributed by atoms with Crippen LogP contribution in [0.5, 0.6) is 0 Å². The average molecular weight is 311 g/mol. The molecule has 1 amide bonds. The van der Waals surface area contributed by atoms with Crippen LogP contribution in [0.1, 0.15) is 31.7 Å². The molecule has 1 aliphatic heterocycles. The van der Waals surface area contributed by atoms with Crippen LogP contribution in [0, 0.1) is 6.92 Å². The lowest BCUT2D eigenvalue weighted by Crippen LogP contribution is -2.50. The van der Waals surface area contributed by atoms with Crippen LogP contribution in [0.15, 0.2) is 22.7 Å². The Hall–Kier alpha value is -0.870. The lowest BCUT2D eigenvalue weighted by Gasteiger charge is -2.26. The number of anilines is 1. The number of benzene rings is 1. The van der Waals surface area contributed by atoms with Crippen LogP contribution in [0.2, 0.25) is 0 Å². The Labute approximate surface area is 116 Å². The van der Waals surface area contributed by atoms with Crippen LogP contribution in [0.4, 0.5) is 5.69 Å². The molecule has 2 rings (SSSR count). The quantitative estimate of drug-likeness (QED) is 0.900. The molecule has 1 aliphatic rings. The molecular weight excluding hydrogens is 292 g/mol. The van der Waals surface area contributed by atoms with Gasteiger partial charge in [0.15, 0.2) is 0 Å². The highest BCUT2D eigenvalue weighted by Gasteiger charge is 2.38. The second-order valence-electron chi connectivity index (χ2n) is 4.88. The summed E-state index contributed by atoms with van der Waals surface area (Å²) in [5.74, 6) is 0.0817. The molecule has 18 heavy (non-hydrogen) atoms. The van der Waals surface area contributed by atoms with Gasteiger partial charge in [0.2, 0.25) is 5.91 Å². The first kappa shape index (κ1) is 13.6. The van der Waals surface area contributed by atoms with E-state index in [1.54, 1.807) is 0 Å². The molecule has 3 nitrogen and oxygen atoms in total. The minimum absolute atomic E-state index is 0.0817. The van der Waals surface area contributed by atoms with Gasteiger partial charge in [0.05, 0.1) is 5.54 Å². The first-order valence-electron chi connectivity index (χ1n) is 6.40. The van der Waals surface area contributed by atoms with Crippen LogP contribution in [0.3, 0.4) is 0 Å². The van der Waals surface area contributed by atoms with Crippen molar-refractivity contribution in [3.05, 3.63) is 28.2 Å². The second-order valence-corrected chi connectivity index (χ2v) is 5.74. The largest absolute Gasteiger partial charge is 0.324 e. The van der Waals surface area contributed by atoms with Crippen LogP contribution < -0.4 is 10.6 Å². The van der Waals surface area contributed by atoms with Gasteiger partial charge in [0.1, 0.15) is 0 Å². The van der Waals surface area contributed by atoms with Gasteiger partial charge in [-0.25, -0.2) is 0 Å². The molecule has 1 fully saturated rings. The van der Waals surface area contributed by atoms with Crippen LogP contribution in [-0.4, -0.2) is 18.0 Å². The summed E-state index contributed by atoms with van der Waals surface area (Å²) >= 11 is 3.48. The van der Waals surface area contributed by atoms with Crippen molar-refractivity contribution < 1.29 is 4.79 Å². The average Bonchev–Trinajstić information content (AvgIpc) is 2.84. The summed E-state index contributed by atoms with van der Waals surface area (Å²) < 4.78 is 1.02. The number of hydrogen-bond donors (Lipinski definition) is 2. The Morgan fingerprint density at radius 1 is 1.56 bits per heavy atom. The maximum absolute atomic E-state index is 12.4. The zero-order chi connectivity index (χ0) is 13.2. The molecule has 0 spiro atoms. The molecule has 1 heterocycles. The third kappa shape index (κ3) is 2.59. The predicted molar refractivity (Wildman–Crippen MR) is 77.8 cm³/mol. The van der Waals surface area contributed by atoms with Crippen molar-refractivity contribution in [3.8, 4) is 0 Å². The maximum Gasteiger partial charge on any atom is 0.244 e. The molecule has 1 atom stereocenters. The van der Waals surface area contributed by atoms with Crippen LogP contribution in [-0.2, 0) is 4.79 Å². The number of nitrogens with one attached hydrogen (secondary N) is 2. The van der Waals surface area contributed by atoms with Gasteiger partial charge in [0, 0.05) is 10.2 Å². The summed E-state index contributed by atoms with van der Waals surface area (Å²) in [6, 6.07) is 5.89. The number of aryl methyl sites for hydroxylation is 1. The SMILES string of the molecule is CCC1(C(=O)Nc2ccc(C)c(Br)c2)CCCN1. The van der Waals surface area contributed by atoms with E-state index in [1.807, 2.05) is 25.1 Å². The minimum Gasteiger partial charge on any atom is -0.324 e. The van der Waals surface area contributed by atoms with E-state index in [4.69, 9.17) is 0 Å². The Kier molecular flexibility index (Phi) is 4.07. The van der Waals surface area contributed by atoms with Crippen molar-refractivity contribution >= 4 is 27.5 Å². The van der Waals surface area contributed by atoms with E-state index in [2.05, 4.69) is 33.5 Å². The number of halogens is 1. The van der Waals surface area contributed by atoms with E-state index in [0.29, 0.717) is 0 Å². The zero-order valence-electron chi connectivity index (χ0n) is 10.8. The van der Waals surface area contributed by atoms with Gasteiger partial charge >= 0.3 is 0 Å². The summed E-state index contributed by atoms with van der Waals surface area (Å²) in [7, 11) is 0. The van der Waals surface area contributed by atoms with Gasteiger partial charge in [-0.15, -0.1) is 0 Å². The van der Waals surface area contributed by atoms with Crippen molar-refractivity contribution in [2.75, 3.05) is 11.9 Å². The number of carbonyl (C=O) groups is 1. The Morgan fingerprint density at radius 2 is 2.33 bits per heavy atom. The first-order chi connectivity index (χ1) is 8.57. The number of carbonyl (C=O) groups excluding carboxylic acids is 1. The van der Waals surface area contributed by atoms with E-state index in [0.717, 1.165) is 41.5 Å².